The van der Waals surface area contributed by atoms with Gasteiger partial charge in [-0.3, -0.25) is 20.0 Å². The molecule has 14 heteroatoms. The second kappa shape index (κ2) is 25.7. The van der Waals surface area contributed by atoms with Crippen molar-refractivity contribution in [2.24, 2.45) is 11.8 Å². The number of ether oxygens (including phenoxy) is 3. The molecule has 1 aliphatic carbocycles. The fraction of sp³-hybridized carbons (Fsp3) is 0.535. The summed E-state index contributed by atoms with van der Waals surface area (Å²) in [6.07, 6.45) is 14.8. The second-order valence-corrected chi connectivity index (χ2v) is 14.4. The number of rotatable bonds is 26. The first-order chi connectivity index (χ1) is 27.4. The predicted octanol–water partition coefficient (Wildman–Crippen LogP) is 6.56. The van der Waals surface area contributed by atoms with Crippen molar-refractivity contribution in [3.05, 3.63) is 77.4 Å². The Balaban J connectivity index is 1.36. The van der Waals surface area contributed by atoms with Crippen LogP contribution in [0.1, 0.15) is 114 Å². The molecule has 0 spiro atoms. The molecule has 1 aliphatic rings. The van der Waals surface area contributed by atoms with Crippen molar-refractivity contribution >= 4 is 29.7 Å². The van der Waals surface area contributed by atoms with Crippen LogP contribution in [0.5, 0.6) is 11.5 Å². The Morgan fingerprint density at radius 3 is 2.26 bits per heavy atom. The molecule has 0 bridgehead atoms. The lowest BCUT2D eigenvalue weighted by molar-refractivity contribution is -0.497. The summed E-state index contributed by atoms with van der Waals surface area (Å²) >= 11 is 0. The van der Waals surface area contributed by atoms with E-state index in [4.69, 9.17) is 24.6 Å². The number of nitrogens with zero attached hydrogens (tertiary/aromatic N) is 1. The molecule has 1 saturated carbocycles. The fourth-order valence-corrected chi connectivity index (χ4v) is 6.71. The van der Waals surface area contributed by atoms with E-state index in [0.717, 1.165) is 24.8 Å². The van der Waals surface area contributed by atoms with E-state index in [9.17, 15) is 29.4 Å². The summed E-state index contributed by atoms with van der Waals surface area (Å²) < 4.78 is 16.1. The van der Waals surface area contributed by atoms with Gasteiger partial charge in [0.1, 0.15) is 18.4 Å². The van der Waals surface area contributed by atoms with Gasteiger partial charge < -0.3 is 29.7 Å². The summed E-state index contributed by atoms with van der Waals surface area (Å²) in [5.74, 6) is -1.20. The number of allylic oxidation sites excluding steroid dienone is 2. The Morgan fingerprint density at radius 2 is 1.56 bits per heavy atom. The van der Waals surface area contributed by atoms with Crippen molar-refractivity contribution in [1.82, 2.24) is 10.7 Å². The van der Waals surface area contributed by atoms with Gasteiger partial charge >= 0.3 is 11.9 Å². The molecule has 314 valence electrons. The molecular formula is C43H60N2O12. The van der Waals surface area contributed by atoms with E-state index in [1.165, 1.54) is 45.1 Å². The highest BCUT2D eigenvalue weighted by atomic mass is 17.1. The van der Waals surface area contributed by atoms with Gasteiger partial charge in [-0.05, 0) is 92.2 Å². The van der Waals surface area contributed by atoms with Crippen LogP contribution in [0, 0.1) is 11.8 Å². The van der Waals surface area contributed by atoms with Gasteiger partial charge in [0.05, 0.1) is 31.3 Å². The van der Waals surface area contributed by atoms with Crippen LogP contribution in [0.25, 0.3) is 6.08 Å². The largest absolute Gasteiger partial charge is 0.493 e. The molecule has 1 unspecified atom stereocenters. The Labute approximate surface area is 335 Å². The minimum absolute atomic E-state index is 0.0183. The van der Waals surface area contributed by atoms with E-state index in [2.05, 4.69) is 17.1 Å². The molecule has 14 nitrogen and oxygen atoms in total. The van der Waals surface area contributed by atoms with Crippen LogP contribution in [0.15, 0.2) is 60.7 Å². The van der Waals surface area contributed by atoms with Gasteiger partial charge in [-0.2, -0.15) is 0 Å². The zero-order valence-electron chi connectivity index (χ0n) is 33.3. The molecule has 0 saturated heterocycles. The summed E-state index contributed by atoms with van der Waals surface area (Å²) in [6.45, 7) is 3.65. The molecule has 0 aromatic heterocycles. The van der Waals surface area contributed by atoms with Crippen molar-refractivity contribution < 1.29 is 58.9 Å². The molecular weight excluding hydrogens is 736 g/mol. The monoisotopic (exact) mass is 796 g/mol. The van der Waals surface area contributed by atoms with Crippen LogP contribution in [0.3, 0.4) is 0 Å². The minimum Gasteiger partial charge on any atom is -0.493 e. The minimum atomic E-state index is -0.928. The normalized spacial score (nSPS) is 18.6. The molecule has 5 atom stereocenters. The highest BCUT2D eigenvalue weighted by Gasteiger charge is 2.40. The number of benzene rings is 2. The molecule has 2 aromatic carbocycles. The summed E-state index contributed by atoms with van der Waals surface area (Å²) in [5.41, 5.74) is 1.98. The molecule has 0 radical (unpaired) electrons. The fourth-order valence-electron chi connectivity index (χ4n) is 6.71. The number of amides is 1. The van der Waals surface area contributed by atoms with Gasteiger partial charge in [-0.1, -0.05) is 75.1 Å². The van der Waals surface area contributed by atoms with Crippen LogP contribution in [0.4, 0.5) is 0 Å². The van der Waals surface area contributed by atoms with E-state index < -0.39 is 30.2 Å². The van der Waals surface area contributed by atoms with Crippen molar-refractivity contribution in [1.29, 1.82) is 0 Å². The summed E-state index contributed by atoms with van der Waals surface area (Å²) in [5, 5.41) is 40.7. The van der Waals surface area contributed by atoms with E-state index in [1.807, 2.05) is 12.2 Å². The molecule has 0 heterocycles. The van der Waals surface area contributed by atoms with Crippen molar-refractivity contribution in [2.45, 2.75) is 129 Å². The first kappa shape index (κ1) is 46.9. The lowest BCUT2D eigenvalue weighted by Crippen LogP contribution is -2.40. The Bertz CT molecular complexity index is 1610. The summed E-state index contributed by atoms with van der Waals surface area (Å²) in [7, 11) is 1.41. The van der Waals surface area contributed by atoms with Gasteiger partial charge in [0.25, 0.3) is 0 Å². The van der Waals surface area contributed by atoms with Gasteiger partial charge in [-0.25, -0.2) is 14.4 Å². The number of Topliss-reactive ketones (excluding diaryl/α,β-unsaturated/α-hetero) is 1. The Kier molecular flexibility index (Phi) is 21.2. The maximum atomic E-state index is 12.8. The summed E-state index contributed by atoms with van der Waals surface area (Å²) in [4.78, 5) is 54.6. The molecule has 1 amide bonds. The number of hydrogen-bond acceptors (Lipinski definition) is 13. The lowest BCUT2D eigenvalue weighted by atomic mass is 9.86. The van der Waals surface area contributed by atoms with Crippen LogP contribution in [-0.4, -0.2) is 75.0 Å². The predicted molar refractivity (Wildman–Crippen MR) is 211 cm³/mol. The third kappa shape index (κ3) is 17.7. The Hall–Kier alpha value is -4.44. The first-order valence-corrected chi connectivity index (χ1v) is 19.9. The van der Waals surface area contributed by atoms with Crippen LogP contribution in [0.2, 0.25) is 0 Å². The number of aliphatic hydroxyl groups is 2. The van der Waals surface area contributed by atoms with Gasteiger partial charge in [0.2, 0.25) is 5.91 Å². The number of carbonyl (C=O) groups is 4. The smallest absolute Gasteiger partial charge is 0.333 e. The van der Waals surface area contributed by atoms with Crippen molar-refractivity contribution in [2.75, 3.05) is 7.11 Å². The topological polar surface area (TPSA) is 201 Å². The molecule has 5 N–H and O–H groups in total. The number of aliphatic hydroxyl groups excluding tert-OH is 2. The zero-order chi connectivity index (χ0) is 41.6. The maximum Gasteiger partial charge on any atom is 0.333 e. The average Bonchev–Trinajstić information content (AvgIpc) is 3.46. The van der Waals surface area contributed by atoms with Crippen molar-refractivity contribution in [3.8, 4) is 11.5 Å². The molecule has 57 heavy (non-hydrogen) atoms. The van der Waals surface area contributed by atoms with E-state index in [1.54, 1.807) is 36.4 Å². The third-order valence-corrected chi connectivity index (χ3v) is 9.98. The lowest BCUT2D eigenvalue weighted by Gasteiger charge is -2.22. The average molecular weight is 797 g/mol. The number of esters is 2. The van der Waals surface area contributed by atoms with Crippen LogP contribution < -0.4 is 14.8 Å². The van der Waals surface area contributed by atoms with Gasteiger partial charge in [0.15, 0.2) is 11.5 Å². The number of ketones is 1. The van der Waals surface area contributed by atoms with Crippen LogP contribution >= 0.6 is 0 Å². The highest BCUT2D eigenvalue weighted by molar-refractivity contribution is 5.87. The Morgan fingerprint density at radius 1 is 0.860 bits per heavy atom. The number of methoxy groups -OCH3 is 1. The maximum absolute atomic E-state index is 12.8. The third-order valence-electron chi connectivity index (χ3n) is 9.98. The van der Waals surface area contributed by atoms with Crippen LogP contribution in [-0.2, 0) is 42.0 Å². The molecule has 3 rings (SSSR count). The van der Waals surface area contributed by atoms with Gasteiger partial charge in [-0.15, -0.1) is 0 Å². The number of hydrogen-bond donors (Lipinski definition) is 5. The standard InChI is InChI=1S/C43H60N2O12/c1-4-5-6-7-10-13-34(46)22-23-36-35(37(47)27-38(36)48)14-11-8-9-12-15-41(49)44-30(2)43(51)57-39-24-20-31(26-40(39)54-3)21-25-42(50)55-28-32-16-18-33(19-17-32)29-56-45(52)53/h8,11,16-21,24-26,30,35-38,47-48,52-53H,4-7,9-10,12-15,22-23,27-29H2,1-3H3,(H,44,49)/b11-8-,25-21+/t30?,35-,36-,37+,38-/m1/s1. The quantitative estimate of drug-likeness (QED) is 0.0171. The molecule has 2 aromatic rings. The number of unbranched alkanes of at least 4 members (excludes halogenated alkanes) is 5. The van der Waals surface area contributed by atoms with E-state index in [-0.39, 0.29) is 60.0 Å². The SMILES string of the molecule is CCCCCCCC(=O)CC[C@@H]1[C@@H](C/C=C\CCCC(=O)NC(C)C(=O)Oc2ccc(/C=C/C(=O)OCc3ccc(CON(O)O)cc3)cc2OC)[C@@H](O)C[C@H]1O. The first-order valence-electron chi connectivity index (χ1n) is 19.9. The number of carbonyl (C=O) groups excluding carboxylic acids is 4. The zero-order valence-corrected chi connectivity index (χ0v) is 33.3. The van der Waals surface area contributed by atoms with Gasteiger partial charge in [0, 0.05) is 25.3 Å². The second-order valence-electron chi connectivity index (χ2n) is 14.4. The number of nitrogens with one attached hydrogen (secondary N) is 1. The summed E-state index contributed by atoms with van der Waals surface area (Å²) in [6, 6.07) is 10.6. The highest BCUT2D eigenvalue weighted by Crippen LogP contribution is 2.38. The van der Waals surface area contributed by atoms with E-state index >= 15 is 0 Å². The van der Waals surface area contributed by atoms with Crippen molar-refractivity contribution in [3.63, 3.8) is 0 Å². The molecule has 0 aliphatic heterocycles. The molecule has 1 fully saturated rings. The van der Waals surface area contributed by atoms with E-state index in [0.29, 0.717) is 56.1 Å².